The van der Waals surface area contributed by atoms with Gasteiger partial charge in [0.25, 0.3) is 10.0 Å². The molecule has 6 nitrogen and oxygen atoms in total. The molecule has 8 heteroatoms. The molecule has 2 saturated heterocycles. The number of aryl methyl sites for hydroxylation is 1. The molecule has 0 radical (unpaired) electrons. The summed E-state index contributed by atoms with van der Waals surface area (Å²) in [5, 5.41) is 0. The molecule has 1 aromatic heterocycles. The average Bonchev–Trinajstić information content (AvgIpc) is 2.75. The third-order valence-corrected chi connectivity index (χ3v) is 7.90. The first-order chi connectivity index (χ1) is 14.4. The van der Waals surface area contributed by atoms with Crippen molar-refractivity contribution in [3.05, 3.63) is 46.6 Å². The molecule has 0 spiro atoms. The van der Waals surface area contributed by atoms with Crippen molar-refractivity contribution in [1.82, 2.24) is 9.88 Å². The molecule has 1 N–H and O–H groups in total. The SMILES string of the molecule is Cc1ccc(S(=O)(=O)Nc2cc(Br)cnc2N2CCC(N3CCCCC3)CC2)cc1. The molecule has 0 unspecified atom stereocenters. The number of halogens is 1. The van der Waals surface area contributed by atoms with Crippen LogP contribution in [0.15, 0.2) is 45.9 Å². The first-order valence-corrected chi connectivity index (χ1v) is 12.9. The summed E-state index contributed by atoms with van der Waals surface area (Å²) in [5.74, 6) is 0.700. The van der Waals surface area contributed by atoms with Crippen molar-refractivity contribution in [3.63, 3.8) is 0 Å². The van der Waals surface area contributed by atoms with E-state index in [4.69, 9.17) is 0 Å². The number of aromatic nitrogens is 1. The standard InChI is InChI=1S/C22H29BrN4O2S/c1-17-5-7-20(8-6-17)30(28,29)25-21-15-18(23)16-24-22(21)27-13-9-19(10-14-27)26-11-3-2-4-12-26/h5-8,15-16,19,25H,2-4,9-14H2,1H3. The lowest BCUT2D eigenvalue weighted by Gasteiger charge is -2.40. The molecule has 0 bridgehead atoms. The highest BCUT2D eigenvalue weighted by molar-refractivity contribution is 9.10. The van der Waals surface area contributed by atoms with E-state index in [0.717, 1.165) is 36.0 Å². The normalized spacial score (nSPS) is 19.1. The van der Waals surface area contributed by atoms with Crippen molar-refractivity contribution < 1.29 is 8.42 Å². The molecule has 0 saturated carbocycles. The Balaban J connectivity index is 1.50. The maximum atomic E-state index is 12.9. The average molecular weight is 493 g/mol. The Bertz CT molecular complexity index is 967. The number of rotatable bonds is 5. The molecule has 2 fully saturated rings. The van der Waals surface area contributed by atoms with Gasteiger partial charge in [0.2, 0.25) is 0 Å². The van der Waals surface area contributed by atoms with Gasteiger partial charge in [0.15, 0.2) is 5.82 Å². The monoisotopic (exact) mass is 492 g/mol. The zero-order valence-electron chi connectivity index (χ0n) is 17.3. The molecule has 0 amide bonds. The number of sulfonamides is 1. The third-order valence-electron chi connectivity index (χ3n) is 6.08. The number of pyridine rings is 1. The van der Waals surface area contributed by atoms with Crippen LogP contribution in [0.1, 0.15) is 37.7 Å². The lowest BCUT2D eigenvalue weighted by Crippen LogP contribution is -2.47. The van der Waals surface area contributed by atoms with Gasteiger partial charge in [0.1, 0.15) is 0 Å². The summed E-state index contributed by atoms with van der Waals surface area (Å²) in [4.78, 5) is 9.67. The zero-order chi connectivity index (χ0) is 21.1. The minimum Gasteiger partial charge on any atom is -0.355 e. The molecule has 162 valence electrons. The fourth-order valence-corrected chi connectivity index (χ4v) is 5.79. The number of nitrogens with one attached hydrogen (secondary N) is 1. The second-order valence-corrected chi connectivity index (χ2v) is 10.9. The van der Waals surface area contributed by atoms with Gasteiger partial charge in [-0.2, -0.15) is 0 Å². The van der Waals surface area contributed by atoms with Gasteiger partial charge in [0.05, 0.1) is 10.6 Å². The lowest BCUT2D eigenvalue weighted by molar-refractivity contribution is 0.141. The summed E-state index contributed by atoms with van der Waals surface area (Å²) >= 11 is 3.43. The lowest BCUT2D eigenvalue weighted by atomic mass is 10.00. The third kappa shape index (κ3) is 4.98. The van der Waals surface area contributed by atoms with Crippen molar-refractivity contribution in [1.29, 1.82) is 0 Å². The highest BCUT2D eigenvalue weighted by Gasteiger charge is 2.28. The largest absolute Gasteiger partial charge is 0.355 e. The van der Waals surface area contributed by atoms with Crippen LogP contribution in [0.2, 0.25) is 0 Å². The number of hydrogen-bond acceptors (Lipinski definition) is 5. The minimum atomic E-state index is -3.68. The van der Waals surface area contributed by atoms with Crippen molar-refractivity contribution in [3.8, 4) is 0 Å². The number of hydrogen-bond donors (Lipinski definition) is 1. The Labute approximate surface area is 187 Å². The van der Waals surface area contributed by atoms with Crippen molar-refractivity contribution in [2.24, 2.45) is 0 Å². The van der Waals surface area contributed by atoms with E-state index in [2.05, 4.69) is 35.4 Å². The van der Waals surface area contributed by atoms with E-state index in [1.165, 1.54) is 32.4 Å². The van der Waals surface area contributed by atoms with E-state index >= 15 is 0 Å². The molecule has 2 aliphatic heterocycles. The summed E-state index contributed by atoms with van der Waals surface area (Å²) < 4.78 is 29.4. The number of likely N-dealkylation sites (tertiary alicyclic amines) is 1. The molecular weight excluding hydrogens is 464 g/mol. The Morgan fingerprint density at radius 1 is 1.03 bits per heavy atom. The fourth-order valence-electron chi connectivity index (χ4n) is 4.41. The number of anilines is 2. The molecular formula is C22H29BrN4O2S. The zero-order valence-corrected chi connectivity index (χ0v) is 19.8. The van der Waals surface area contributed by atoms with Crippen LogP contribution in [-0.4, -0.2) is 50.5 Å². The van der Waals surface area contributed by atoms with Crippen LogP contribution in [0.4, 0.5) is 11.5 Å². The van der Waals surface area contributed by atoms with E-state index in [1.54, 1.807) is 36.5 Å². The molecule has 30 heavy (non-hydrogen) atoms. The maximum Gasteiger partial charge on any atom is 0.262 e. The van der Waals surface area contributed by atoms with Gasteiger partial charge in [-0.3, -0.25) is 4.72 Å². The van der Waals surface area contributed by atoms with E-state index in [-0.39, 0.29) is 4.90 Å². The Hall–Kier alpha value is -1.64. The fraction of sp³-hybridized carbons (Fsp3) is 0.500. The van der Waals surface area contributed by atoms with Crippen LogP contribution in [0.25, 0.3) is 0 Å². The van der Waals surface area contributed by atoms with E-state index in [0.29, 0.717) is 17.5 Å². The quantitative estimate of drug-likeness (QED) is 0.669. The van der Waals surface area contributed by atoms with Gasteiger partial charge in [0, 0.05) is 29.8 Å². The predicted octanol–water partition coefficient (Wildman–Crippen LogP) is 4.41. The number of nitrogens with zero attached hydrogens (tertiary/aromatic N) is 3. The first-order valence-electron chi connectivity index (χ1n) is 10.7. The highest BCUT2D eigenvalue weighted by atomic mass is 79.9. The Morgan fingerprint density at radius 3 is 2.37 bits per heavy atom. The topological polar surface area (TPSA) is 65.5 Å². The Morgan fingerprint density at radius 2 is 1.70 bits per heavy atom. The summed E-state index contributed by atoms with van der Waals surface area (Å²) in [6.07, 6.45) is 7.86. The molecule has 2 aliphatic rings. The van der Waals surface area contributed by atoms with Crippen LogP contribution in [0.5, 0.6) is 0 Å². The smallest absolute Gasteiger partial charge is 0.262 e. The molecule has 1 aromatic carbocycles. The molecule has 2 aromatic rings. The molecule has 4 rings (SSSR count). The van der Waals surface area contributed by atoms with E-state index in [1.807, 2.05) is 6.92 Å². The first kappa shape index (κ1) is 21.6. The van der Waals surface area contributed by atoms with Gasteiger partial charge in [-0.25, -0.2) is 13.4 Å². The van der Waals surface area contributed by atoms with Crippen LogP contribution >= 0.6 is 15.9 Å². The van der Waals surface area contributed by atoms with Crippen molar-refractivity contribution in [2.75, 3.05) is 35.8 Å². The van der Waals surface area contributed by atoms with Gasteiger partial charge in [-0.05, 0) is 79.8 Å². The van der Waals surface area contributed by atoms with Crippen LogP contribution in [0.3, 0.4) is 0 Å². The van der Waals surface area contributed by atoms with Gasteiger partial charge in [-0.1, -0.05) is 24.1 Å². The number of benzene rings is 1. The minimum absolute atomic E-state index is 0.253. The Kier molecular flexibility index (Phi) is 6.65. The second-order valence-electron chi connectivity index (χ2n) is 8.26. The van der Waals surface area contributed by atoms with E-state index in [9.17, 15) is 8.42 Å². The van der Waals surface area contributed by atoms with Crippen LogP contribution in [-0.2, 0) is 10.0 Å². The van der Waals surface area contributed by atoms with Crippen LogP contribution in [0, 0.1) is 6.92 Å². The highest BCUT2D eigenvalue weighted by Crippen LogP contribution is 2.32. The second kappa shape index (κ2) is 9.24. The maximum absolute atomic E-state index is 12.9. The molecule has 0 aliphatic carbocycles. The number of piperidine rings is 2. The summed E-state index contributed by atoms with van der Waals surface area (Å²) in [6.45, 7) is 6.13. The van der Waals surface area contributed by atoms with Crippen molar-refractivity contribution in [2.45, 2.75) is 50.0 Å². The van der Waals surface area contributed by atoms with Crippen molar-refractivity contribution >= 4 is 37.5 Å². The van der Waals surface area contributed by atoms with Crippen LogP contribution < -0.4 is 9.62 Å². The molecule has 0 atom stereocenters. The van der Waals surface area contributed by atoms with Gasteiger partial charge < -0.3 is 9.80 Å². The predicted molar refractivity (Wildman–Crippen MR) is 125 cm³/mol. The van der Waals surface area contributed by atoms with Gasteiger partial charge in [-0.15, -0.1) is 0 Å². The summed E-state index contributed by atoms with van der Waals surface area (Å²) in [7, 11) is -3.68. The molecule has 3 heterocycles. The van der Waals surface area contributed by atoms with Gasteiger partial charge >= 0.3 is 0 Å². The summed E-state index contributed by atoms with van der Waals surface area (Å²) in [6, 6.07) is 9.30. The summed E-state index contributed by atoms with van der Waals surface area (Å²) in [5.41, 5.74) is 1.54. The van der Waals surface area contributed by atoms with E-state index < -0.39 is 10.0 Å².